The summed E-state index contributed by atoms with van der Waals surface area (Å²) in [5.41, 5.74) is -0.592. The summed E-state index contributed by atoms with van der Waals surface area (Å²) in [7, 11) is 1.94. The lowest BCUT2D eigenvalue weighted by molar-refractivity contribution is -0.161. The second kappa shape index (κ2) is 4.10. The van der Waals surface area contributed by atoms with Crippen molar-refractivity contribution in [3.63, 3.8) is 0 Å². The van der Waals surface area contributed by atoms with Crippen molar-refractivity contribution >= 4 is 5.97 Å². The minimum Gasteiger partial charge on any atom is -0.480 e. The predicted octanol–water partition coefficient (Wildman–Crippen LogP) is 1.10. The standard InChI is InChI=1S/C11H19NO3/c1-12(9-4-2-7-15-8-9)11(10(13)14)5-3-6-11/h9H,2-8H2,1H3,(H,13,14). The molecule has 1 N–H and O–H groups in total. The normalized spacial score (nSPS) is 29.9. The largest absolute Gasteiger partial charge is 0.480 e. The fourth-order valence-electron chi connectivity index (χ4n) is 2.61. The highest BCUT2D eigenvalue weighted by molar-refractivity contribution is 5.80. The molecule has 0 aromatic rings. The van der Waals surface area contributed by atoms with Gasteiger partial charge >= 0.3 is 5.97 Å². The molecule has 2 fully saturated rings. The number of likely N-dealkylation sites (N-methyl/N-ethyl adjacent to an activating group) is 1. The lowest BCUT2D eigenvalue weighted by Crippen LogP contribution is -2.62. The molecule has 0 radical (unpaired) electrons. The molecule has 0 spiro atoms. The van der Waals surface area contributed by atoms with Crippen LogP contribution in [0.3, 0.4) is 0 Å². The number of carbonyl (C=O) groups is 1. The maximum atomic E-state index is 11.3. The highest BCUT2D eigenvalue weighted by Gasteiger charge is 2.49. The maximum absolute atomic E-state index is 11.3. The Labute approximate surface area is 90.2 Å². The molecule has 1 heterocycles. The van der Waals surface area contributed by atoms with Gasteiger partial charge in [0.25, 0.3) is 0 Å². The van der Waals surface area contributed by atoms with E-state index in [0.29, 0.717) is 6.61 Å². The van der Waals surface area contributed by atoms with E-state index in [0.717, 1.165) is 38.7 Å². The molecule has 0 aromatic heterocycles. The zero-order valence-corrected chi connectivity index (χ0v) is 9.24. The molecule has 1 saturated carbocycles. The van der Waals surface area contributed by atoms with Crippen LogP contribution in [-0.2, 0) is 9.53 Å². The van der Waals surface area contributed by atoms with Gasteiger partial charge in [-0.05, 0) is 39.2 Å². The predicted molar refractivity (Wildman–Crippen MR) is 55.8 cm³/mol. The lowest BCUT2D eigenvalue weighted by atomic mass is 9.74. The summed E-state index contributed by atoms with van der Waals surface area (Å²) in [6.07, 6.45) is 4.71. The Kier molecular flexibility index (Phi) is 2.98. The molecule has 1 unspecified atom stereocenters. The number of ether oxygens (including phenoxy) is 1. The fraction of sp³-hybridized carbons (Fsp3) is 0.909. The van der Waals surface area contributed by atoms with Gasteiger partial charge in [0.15, 0.2) is 0 Å². The third-order valence-electron chi connectivity index (χ3n) is 3.94. The molecule has 1 aliphatic carbocycles. The van der Waals surface area contributed by atoms with Crippen LogP contribution >= 0.6 is 0 Å². The lowest BCUT2D eigenvalue weighted by Gasteiger charge is -2.49. The van der Waals surface area contributed by atoms with Crippen LogP contribution in [0.5, 0.6) is 0 Å². The number of nitrogens with zero attached hydrogens (tertiary/aromatic N) is 1. The molecule has 4 heteroatoms. The molecule has 15 heavy (non-hydrogen) atoms. The van der Waals surface area contributed by atoms with E-state index in [-0.39, 0.29) is 6.04 Å². The van der Waals surface area contributed by atoms with Crippen molar-refractivity contribution < 1.29 is 14.6 Å². The number of hydrogen-bond acceptors (Lipinski definition) is 3. The van der Waals surface area contributed by atoms with Crippen LogP contribution in [-0.4, -0.2) is 47.8 Å². The van der Waals surface area contributed by atoms with Gasteiger partial charge in [0.1, 0.15) is 5.54 Å². The van der Waals surface area contributed by atoms with Crippen molar-refractivity contribution in [3.05, 3.63) is 0 Å². The average molecular weight is 213 g/mol. The van der Waals surface area contributed by atoms with Crippen LogP contribution in [0, 0.1) is 0 Å². The van der Waals surface area contributed by atoms with E-state index in [9.17, 15) is 9.90 Å². The van der Waals surface area contributed by atoms with Gasteiger partial charge in [0.05, 0.1) is 6.61 Å². The zero-order chi connectivity index (χ0) is 10.9. The minimum absolute atomic E-state index is 0.287. The van der Waals surface area contributed by atoms with Crippen molar-refractivity contribution in [1.29, 1.82) is 0 Å². The molecule has 0 aromatic carbocycles. The van der Waals surface area contributed by atoms with Gasteiger partial charge in [-0.25, -0.2) is 0 Å². The molecule has 86 valence electrons. The summed E-state index contributed by atoms with van der Waals surface area (Å²) >= 11 is 0. The highest BCUT2D eigenvalue weighted by atomic mass is 16.5. The zero-order valence-electron chi connectivity index (χ0n) is 9.24. The summed E-state index contributed by atoms with van der Waals surface area (Å²) < 4.78 is 5.41. The highest BCUT2D eigenvalue weighted by Crippen LogP contribution is 2.39. The van der Waals surface area contributed by atoms with Crippen molar-refractivity contribution in [2.45, 2.75) is 43.7 Å². The number of carboxylic acid groups (broad SMARTS) is 1. The SMILES string of the molecule is CN(C1CCCOC1)C1(C(=O)O)CCC1. The van der Waals surface area contributed by atoms with Gasteiger partial charge in [-0.15, -0.1) is 0 Å². The van der Waals surface area contributed by atoms with Crippen LogP contribution in [0.1, 0.15) is 32.1 Å². The van der Waals surface area contributed by atoms with E-state index in [1.54, 1.807) is 0 Å². The Morgan fingerprint density at radius 3 is 2.60 bits per heavy atom. The van der Waals surface area contributed by atoms with Crippen LogP contribution in [0.4, 0.5) is 0 Å². The summed E-state index contributed by atoms with van der Waals surface area (Å²) in [6, 6.07) is 0.287. The quantitative estimate of drug-likeness (QED) is 0.763. The van der Waals surface area contributed by atoms with E-state index in [2.05, 4.69) is 0 Å². The Morgan fingerprint density at radius 1 is 1.47 bits per heavy atom. The van der Waals surface area contributed by atoms with Gasteiger partial charge in [0.2, 0.25) is 0 Å². The molecular formula is C11H19NO3. The van der Waals surface area contributed by atoms with E-state index >= 15 is 0 Å². The molecule has 1 saturated heterocycles. The second-order valence-electron chi connectivity index (χ2n) is 4.67. The van der Waals surface area contributed by atoms with Crippen LogP contribution in [0.25, 0.3) is 0 Å². The van der Waals surface area contributed by atoms with E-state index in [4.69, 9.17) is 4.74 Å². The number of carboxylic acids is 1. The summed E-state index contributed by atoms with van der Waals surface area (Å²) in [6.45, 7) is 1.51. The first-order valence-corrected chi connectivity index (χ1v) is 5.71. The molecule has 2 rings (SSSR count). The van der Waals surface area contributed by atoms with Gasteiger partial charge in [-0.3, -0.25) is 9.69 Å². The monoisotopic (exact) mass is 213 g/mol. The fourth-order valence-corrected chi connectivity index (χ4v) is 2.61. The number of rotatable bonds is 3. The molecule has 0 amide bonds. The summed E-state index contributed by atoms with van der Waals surface area (Å²) in [4.78, 5) is 13.3. The first kappa shape index (κ1) is 10.9. The van der Waals surface area contributed by atoms with E-state index < -0.39 is 11.5 Å². The first-order valence-electron chi connectivity index (χ1n) is 5.71. The second-order valence-corrected chi connectivity index (χ2v) is 4.67. The third-order valence-corrected chi connectivity index (χ3v) is 3.94. The Bertz CT molecular complexity index is 244. The van der Waals surface area contributed by atoms with E-state index in [1.807, 2.05) is 11.9 Å². The Balaban J connectivity index is 2.04. The molecule has 1 aliphatic heterocycles. The number of aliphatic carboxylic acids is 1. The van der Waals surface area contributed by atoms with Crippen molar-refractivity contribution in [2.75, 3.05) is 20.3 Å². The minimum atomic E-state index is -0.665. The smallest absolute Gasteiger partial charge is 0.324 e. The Morgan fingerprint density at radius 2 is 2.20 bits per heavy atom. The van der Waals surface area contributed by atoms with Crippen molar-refractivity contribution in [3.8, 4) is 0 Å². The molecule has 1 atom stereocenters. The van der Waals surface area contributed by atoms with Gasteiger partial charge in [-0.1, -0.05) is 0 Å². The van der Waals surface area contributed by atoms with Crippen LogP contribution in [0.2, 0.25) is 0 Å². The third kappa shape index (κ3) is 1.76. The van der Waals surface area contributed by atoms with Crippen LogP contribution in [0.15, 0.2) is 0 Å². The van der Waals surface area contributed by atoms with Gasteiger partial charge in [0, 0.05) is 12.6 Å². The van der Waals surface area contributed by atoms with Crippen molar-refractivity contribution in [2.24, 2.45) is 0 Å². The van der Waals surface area contributed by atoms with Crippen LogP contribution < -0.4 is 0 Å². The molecule has 0 bridgehead atoms. The molecule has 2 aliphatic rings. The Hall–Kier alpha value is -0.610. The maximum Gasteiger partial charge on any atom is 0.324 e. The summed E-state index contributed by atoms with van der Waals surface area (Å²) in [5.74, 6) is -0.665. The first-order chi connectivity index (χ1) is 7.17. The van der Waals surface area contributed by atoms with Crippen molar-refractivity contribution in [1.82, 2.24) is 4.90 Å². The molecular weight excluding hydrogens is 194 g/mol. The topological polar surface area (TPSA) is 49.8 Å². The number of hydrogen-bond donors (Lipinski definition) is 1. The van der Waals surface area contributed by atoms with Gasteiger partial charge < -0.3 is 9.84 Å². The molecule has 4 nitrogen and oxygen atoms in total. The summed E-state index contributed by atoms with van der Waals surface area (Å²) in [5, 5.41) is 9.30. The average Bonchev–Trinajstić information content (AvgIpc) is 2.16. The van der Waals surface area contributed by atoms with E-state index in [1.165, 1.54) is 0 Å². The van der Waals surface area contributed by atoms with Gasteiger partial charge in [-0.2, -0.15) is 0 Å².